The van der Waals surface area contributed by atoms with Crippen molar-refractivity contribution in [1.82, 2.24) is 9.55 Å². The number of ketones is 1. The minimum atomic E-state index is -1.83. The summed E-state index contributed by atoms with van der Waals surface area (Å²) in [4.78, 5) is 36.1. The molecule has 1 aromatic rings. The van der Waals surface area contributed by atoms with Gasteiger partial charge in [0.25, 0.3) is 5.56 Å². The quantitative estimate of drug-likeness (QED) is 0.559. The first kappa shape index (κ1) is 15.1. The molecule has 1 unspecified atom stereocenters. The first-order chi connectivity index (χ1) is 9.34. The van der Waals surface area contributed by atoms with Crippen molar-refractivity contribution in [3.8, 4) is 0 Å². The Labute approximate surface area is 121 Å². The van der Waals surface area contributed by atoms with Gasteiger partial charge in [0.15, 0.2) is 5.78 Å². The summed E-state index contributed by atoms with van der Waals surface area (Å²) in [7, 11) is 0. The average molecular weight is 349 g/mol. The number of H-pyrrole nitrogens is 1. The SMILES string of the molecule is CC(=O)[C@@]1(n2ccc(=O)[nH]c2=O)O[C@H](CO)[C@@H](O)C1Br. The van der Waals surface area contributed by atoms with Gasteiger partial charge >= 0.3 is 5.69 Å². The number of carbonyl (C=O) groups excluding carboxylic acids is 1. The standard InChI is InChI=1S/C11H13BrN2O6/c1-5(16)11(9(12)8(18)6(4-15)20-11)14-3-2-7(17)13-10(14)19/h2-3,6,8-9,15,18H,4H2,1H3,(H,13,17,19)/t6-,8-,9?,11-/m1/s1. The Bertz CT molecular complexity index is 640. The molecule has 2 heterocycles. The third-order valence-corrected chi connectivity index (χ3v) is 4.41. The molecule has 0 aromatic carbocycles. The number of halogens is 1. The minimum Gasteiger partial charge on any atom is -0.394 e. The molecule has 1 fully saturated rings. The zero-order chi connectivity index (χ0) is 15.1. The number of hydrogen-bond acceptors (Lipinski definition) is 6. The van der Waals surface area contributed by atoms with Gasteiger partial charge in [-0.1, -0.05) is 15.9 Å². The number of nitrogens with one attached hydrogen (secondary N) is 1. The number of aliphatic hydroxyl groups excluding tert-OH is 2. The molecule has 0 amide bonds. The molecule has 0 spiro atoms. The van der Waals surface area contributed by atoms with E-state index >= 15 is 0 Å². The highest BCUT2D eigenvalue weighted by Gasteiger charge is 2.58. The van der Waals surface area contributed by atoms with Gasteiger partial charge in [-0.2, -0.15) is 0 Å². The van der Waals surface area contributed by atoms with Crippen LogP contribution in [0.1, 0.15) is 6.92 Å². The molecule has 1 aliphatic heterocycles. The molecule has 3 N–H and O–H groups in total. The predicted molar refractivity (Wildman–Crippen MR) is 70.7 cm³/mol. The van der Waals surface area contributed by atoms with Crippen molar-refractivity contribution in [1.29, 1.82) is 0 Å². The van der Waals surface area contributed by atoms with E-state index < -0.39 is 46.4 Å². The number of alkyl halides is 1. The van der Waals surface area contributed by atoms with Gasteiger partial charge in [0.05, 0.1) is 11.4 Å². The van der Waals surface area contributed by atoms with E-state index in [2.05, 4.69) is 15.9 Å². The van der Waals surface area contributed by atoms with E-state index in [1.54, 1.807) is 0 Å². The smallest absolute Gasteiger partial charge is 0.331 e. The average Bonchev–Trinajstić information content (AvgIpc) is 2.64. The number of ether oxygens (including phenoxy) is 1. The summed E-state index contributed by atoms with van der Waals surface area (Å²) in [6, 6.07) is 1.06. The number of nitrogens with zero attached hydrogens (tertiary/aromatic N) is 1. The lowest BCUT2D eigenvalue weighted by Crippen LogP contribution is -2.53. The molecule has 0 radical (unpaired) electrons. The van der Waals surface area contributed by atoms with Gasteiger partial charge in [-0.15, -0.1) is 0 Å². The Kier molecular flexibility index (Phi) is 3.96. The maximum atomic E-state index is 12.0. The van der Waals surface area contributed by atoms with Crippen molar-refractivity contribution in [3.63, 3.8) is 0 Å². The molecule has 9 heteroatoms. The third kappa shape index (κ3) is 2.06. The van der Waals surface area contributed by atoms with Crippen LogP contribution in [-0.4, -0.2) is 49.2 Å². The molecule has 8 nitrogen and oxygen atoms in total. The first-order valence-corrected chi connectivity index (χ1v) is 6.70. The molecule has 0 aliphatic carbocycles. The second-order valence-electron chi connectivity index (χ2n) is 4.46. The highest BCUT2D eigenvalue weighted by Crippen LogP contribution is 2.40. The molecule has 1 saturated heterocycles. The van der Waals surface area contributed by atoms with Gasteiger partial charge in [-0.3, -0.25) is 19.1 Å². The fourth-order valence-electron chi connectivity index (χ4n) is 2.25. The van der Waals surface area contributed by atoms with Crippen LogP contribution in [0.4, 0.5) is 0 Å². The maximum absolute atomic E-state index is 12.0. The van der Waals surface area contributed by atoms with Crippen molar-refractivity contribution in [2.75, 3.05) is 6.61 Å². The van der Waals surface area contributed by atoms with Crippen molar-refractivity contribution in [2.24, 2.45) is 0 Å². The van der Waals surface area contributed by atoms with E-state index in [0.29, 0.717) is 0 Å². The molecule has 2 rings (SSSR count). The van der Waals surface area contributed by atoms with E-state index in [-0.39, 0.29) is 0 Å². The number of Topliss-reactive ketones (excluding diaryl/α,β-unsaturated/α-hetero) is 1. The van der Waals surface area contributed by atoms with Crippen LogP contribution in [0.15, 0.2) is 21.9 Å². The number of rotatable bonds is 3. The van der Waals surface area contributed by atoms with E-state index in [9.17, 15) is 19.5 Å². The van der Waals surface area contributed by atoms with E-state index in [1.165, 1.54) is 6.92 Å². The van der Waals surface area contributed by atoms with Crippen molar-refractivity contribution in [2.45, 2.75) is 29.7 Å². The van der Waals surface area contributed by atoms with Crippen LogP contribution in [0.5, 0.6) is 0 Å². The Balaban J connectivity index is 2.65. The minimum absolute atomic E-state index is 0.517. The summed E-state index contributed by atoms with van der Waals surface area (Å²) in [5.74, 6) is -0.552. The van der Waals surface area contributed by atoms with Crippen LogP contribution in [0, 0.1) is 0 Å². The summed E-state index contributed by atoms with van der Waals surface area (Å²) >= 11 is 3.14. The molecule has 1 aromatic heterocycles. The molecule has 0 saturated carbocycles. The molecule has 0 bridgehead atoms. The summed E-state index contributed by atoms with van der Waals surface area (Å²) in [5.41, 5.74) is -3.29. The Hall–Kier alpha value is -1.29. The lowest BCUT2D eigenvalue weighted by Gasteiger charge is -2.30. The van der Waals surface area contributed by atoms with Crippen LogP contribution in [0.25, 0.3) is 0 Å². The van der Waals surface area contributed by atoms with Gasteiger partial charge in [0.1, 0.15) is 12.2 Å². The van der Waals surface area contributed by atoms with Crippen molar-refractivity contribution >= 4 is 21.7 Å². The van der Waals surface area contributed by atoms with Gasteiger partial charge < -0.3 is 14.9 Å². The molecular weight excluding hydrogens is 336 g/mol. The maximum Gasteiger partial charge on any atom is 0.331 e. The summed E-state index contributed by atoms with van der Waals surface area (Å²) in [6.07, 6.45) is -1.10. The molecule has 20 heavy (non-hydrogen) atoms. The normalized spacial score (nSPS) is 33.3. The van der Waals surface area contributed by atoms with Crippen LogP contribution in [0.2, 0.25) is 0 Å². The van der Waals surface area contributed by atoms with Crippen LogP contribution < -0.4 is 11.2 Å². The lowest BCUT2D eigenvalue weighted by molar-refractivity contribution is -0.159. The number of hydrogen-bond donors (Lipinski definition) is 3. The zero-order valence-electron chi connectivity index (χ0n) is 10.4. The first-order valence-electron chi connectivity index (χ1n) is 5.79. The lowest BCUT2D eigenvalue weighted by atomic mass is 10.0. The second-order valence-corrected chi connectivity index (χ2v) is 5.45. The fraction of sp³-hybridized carbons (Fsp3) is 0.545. The van der Waals surface area contributed by atoms with Crippen molar-refractivity contribution in [3.05, 3.63) is 33.1 Å². The van der Waals surface area contributed by atoms with Gasteiger partial charge in [0, 0.05) is 12.3 Å². The largest absolute Gasteiger partial charge is 0.394 e. The van der Waals surface area contributed by atoms with Gasteiger partial charge in [0.2, 0.25) is 5.72 Å². The number of aromatic amines is 1. The van der Waals surface area contributed by atoms with Crippen LogP contribution in [0.3, 0.4) is 0 Å². The molecule has 110 valence electrons. The topological polar surface area (TPSA) is 122 Å². The Morgan fingerprint density at radius 1 is 1.60 bits per heavy atom. The summed E-state index contributed by atoms with van der Waals surface area (Å²) < 4.78 is 6.33. The third-order valence-electron chi connectivity index (χ3n) is 3.25. The number of aromatic nitrogens is 2. The predicted octanol–water partition coefficient (Wildman–Crippen LogP) is -1.71. The Morgan fingerprint density at radius 2 is 2.25 bits per heavy atom. The summed E-state index contributed by atoms with van der Waals surface area (Å²) in [5, 5.41) is 19.1. The van der Waals surface area contributed by atoms with Crippen LogP contribution >= 0.6 is 15.9 Å². The highest BCUT2D eigenvalue weighted by molar-refractivity contribution is 9.09. The van der Waals surface area contributed by atoms with E-state index in [4.69, 9.17) is 9.84 Å². The molecular formula is C11H13BrN2O6. The van der Waals surface area contributed by atoms with Crippen molar-refractivity contribution < 1.29 is 19.7 Å². The fourth-order valence-corrected chi connectivity index (χ4v) is 3.24. The number of carbonyl (C=O) groups is 1. The summed E-state index contributed by atoms with van der Waals surface area (Å²) in [6.45, 7) is 0.675. The second kappa shape index (κ2) is 5.24. The highest BCUT2D eigenvalue weighted by atomic mass is 79.9. The van der Waals surface area contributed by atoms with Gasteiger partial charge in [-0.05, 0) is 6.92 Å². The molecule has 4 atom stereocenters. The molecule has 1 aliphatic rings. The van der Waals surface area contributed by atoms with Crippen LogP contribution in [-0.2, 0) is 15.3 Å². The number of aliphatic hydroxyl groups is 2. The Morgan fingerprint density at radius 3 is 2.70 bits per heavy atom. The zero-order valence-corrected chi connectivity index (χ0v) is 12.0. The van der Waals surface area contributed by atoms with E-state index in [1.807, 2.05) is 4.98 Å². The van der Waals surface area contributed by atoms with Gasteiger partial charge in [-0.25, -0.2) is 4.79 Å². The van der Waals surface area contributed by atoms with E-state index in [0.717, 1.165) is 16.8 Å². The monoisotopic (exact) mass is 348 g/mol.